The van der Waals surface area contributed by atoms with E-state index in [1.54, 1.807) is 22.8 Å². The van der Waals surface area contributed by atoms with Gasteiger partial charge in [0.1, 0.15) is 0 Å². The molecule has 1 atom stereocenters. The highest BCUT2D eigenvalue weighted by atomic mass is 32.1. The first-order valence-corrected chi connectivity index (χ1v) is 10.7. The van der Waals surface area contributed by atoms with Crippen molar-refractivity contribution in [2.75, 3.05) is 7.11 Å². The van der Waals surface area contributed by atoms with Gasteiger partial charge in [-0.1, -0.05) is 59.9 Å². The van der Waals surface area contributed by atoms with E-state index in [1.165, 1.54) is 18.4 Å². The number of hydrogen-bond donors (Lipinski definition) is 0. The van der Waals surface area contributed by atoms with E-state index < -0.39 is 12.0 Å². The van der Waals surface area contributed by atoms with Crippen LogP contribution in [0.15, 0.2) is 75.0 Å². The van der Waals surface area contributed by atoms with Crippen molar-refractivity contribution in [3.63, 3.8) is 0 Å². The summed E-state index contributed by atoms with van der Waals surface area (Å²) in [6, 6.07) is 13.1. The van der Waals surface area contributed by atoms with Crippen molar-refractivity contribution in [3.8, 4) is 0 Å². The Hall–Kier alpha value is -3.03. The van der Waals surface area contributed by atoms with Gasteiger partial charge < -0.3 is 4.74 Å². The number of hydrogen-bond acceptors (Lipinski definition) is 6. The van der Waals surface area contributed by atoms with E-state index in [9.17, 15) is 9.59 Å². The zero-order valence-corrected chi connectivity index (χ0v) is 17.5. The highest BCUT2D eigenvalue weighted by Crippen LogP contribution is 2.26. The Morgan fingerprint density at radius 2 is 2.00 bits per heavy atom. The van der Waals surface area contributed by atoms with Crippen LogP contribution in [-0.2, 0) is 9.53 Å². The molecule has 4 rings (SSSR count). The molecule has 0 aliphatic carbocycles. The van der Waals surface area contributed by atoms with Crippen LogP contribution in [-0.4, -0.2) is 17.6 Å². The second kappa shape index (κ2) is 8.14. The third-order valence-electron chi connectivity index (χ3n) is 4.56. The number of aromatic nitrogens is 1. The van der Waals surface area contributed by atoms with Gasteiger partial charge in [0.2, 0.25) is 0 Å². The van der Waals surface area contributed by atoms with Gasteiger partial charge in [0.15, 0.2) is 4.80 Å². The number of carbonyl (C=O) groups is 1. The summed E-state index contributed by atoms with van der Waals surface area (Å²) in [6.07, 6.45) is 5.62. The average molecular weight is 423 g/mol. The number of carbonyl (C=O) groups excluding carboxylic acids is 1. The first-order chi connectivity index (χ1) is 14.1. The van der Waals surface area contributed by atoms with Gasteiger partial charge >= 0.3 is 5.97 Å². The minimum atomic E-state index is -0.579. The van der Waals surface area contributed by atoms with Crippen molar-refractivity contribution in [1.82, 2.24) is 4.57 Å². The molecule has 1 aliphatic heterocycles. The van der Waals surface area contributed by atoms with E-state index in [0.29, 0.717) is 20.6 Å². The van der Waals surface area contributed by atoms with Crippen LogP contribution in [0.2, 0.25) is 0 Å². The van der Waals surface area contributed by atoms with Crippen molar-refractivity contribution in [2.24, 2.45) is 4.99 Å². The predicted molar refractivity (Wildman–Crippen MR) is 116 cm³/mol. The number of methoxy groups -OCH3 is 1. The SMILES string of the molecule is COC(=O)C1=C(C)N=c2sc(=Cc3cccs3)c(=O)n2[C@H]1/C=C/c1ccccc1. The van der Waals surface area contributed by atoms with Gasteiger partial charge in [-0.05, 0) is 30.0 Å². The topological polar surface area (TPSA) is 60.7 Å². The maximum Gasteiger partial charge on any atom is 0.338 e. The molecule has 0 radical (unpaired) electrons. The van der Waals surface area contributed by atoms with Crippen molar-refractivity contribution in [1.29, 1.82) is 0 Å². The quantitative estimate of drug-likeness (QED) is 0.607. The van der Waals surface area contributed by atoms with Crippen LogP contribution in [0.5, 0.6) is 0 Å². The standard InChI is InChI=1S/C22H18N2O3S2/c1-14-19(21(26)27-2)17(11-10-15-7-4-3-5-8-15)24-20(25)18(29-22(24)23-14)13-16-9-6-12-28-16/h3-13,17H,1-2H3/b11-10+,18-13?/t17-/m0/s1. The molecule has 0 N–H and O–H groups in total. The summed E-state index contributed by atoms with van der Waals surface area (Å²) in [6.45, 7) is 1.77. The smallest absolute Gasteiger partial charge is 0.338 e. The van der Waals surface area contributed by atoms with Gasteiger partial charge in [-0.3, -0.25) is 9.36 Å². The van der Waals surface area contributed by atoms with E-state index in [-0.39, 0.29) is 5.56 Å². The summed E-state index contributed by atoms with van der Waals surface area (Å²) in [5, 5.41) is 1.97. The molecule has 7 heteroatoms. The maximum absolute atomic E-state index is 13.2. The minimum Gasteiger partial charge on any atom is -0.466 e. The molecular weight excluding hydrogens is 404 g/mol. The monoisotopic (exact) mass is 422 g/mol. The van der Waals surface area contributed by atoms with Gasteiger partial charge in [0, 0.05) is 4.88 Å². The molecule has 1 aromatic carbocycles. The minimum absolute atomic E-state index is 0.168. The summed E-state index contributed by atoms with van der Waals surface area (Å²) in [5.41, 5.74) is 1.74. The van der Waals surface area contributed by atoms with Gasteiger partial charge in [0.05, 0.1) is 29.0 Å². The number of thiazole rings is 1. The first-order valence-electron chi connectivity index (χ1n) is 8.96. The average Bonchev–Trinajstić information content (AvgIpc) is 3.34. The van der Waals surface area contributed by atoms with Crippen molar-refractivity contribution < 1.29 is 9.53 Å². The van der Waals surface area contributed by atoms with Gasteiger partial charge in [-0.25, -0.2) is 9.79 Å². The number of benzene rings is 1. The lowest BCUT2D eigenvalue weighted by molar-refractivity contribution is -0.136. The Balaban J connectivity index is 1.89. The highest BCUT2D eigenvalue weighted by Gasteiger charge is 2.29. The second-order valence-electron chi connectivity index (χ2n) is 6.40. The summed E-state index contributed by atoms with van der Waals surface area (Å²) in [5.74, 6) is -0.485. The molecule has 3 heterocycles. The Labute approximate surface area is 175 Å². The molecular formula is C22H18N2O3S2. The lowest BCUT2D eigenvalue weighted by Crippen LogP contribution is -2.38. The second-order valence-corrected chi connectivity index (χ2v) is 8.39. The molecule has 3 aromatic rings. The fraction of sp³-hybridized carbons (Fsp3) is 0.136. The van der Waals surface area contributed by atoms with Gasteiger partial charge in [0.25, 0.3) is 5.56 Å². The Morgan fingerprint density at radius 3 is 2.69 bits per heavy atom. The zero-order chi connectivity index (χ0) is 20.4. The molecule has 0 fully saturated rings. The Bertz CT molecular complexity index is 1280. The third-order valence-corrected chi connectivity index (χ3v) is 6.36. The number of nitrogens with zero attached hydrogens (tertiary/aromatic N) is 2. The number of rotatable bonds is 4. The fourth-order valence-corrected chi connectivity index (χ4v) is 4.96. The molecule has 0 saturated heterocycles. The lowest BCUT2D eigenvalue weighted by Gasteiger charge is -2.21. The first kappa shape index (κ1) is 19.3. The highest BCUT2D eigenvalue weighted by molar-refractivity contribution is 7.11. The Morgan fingerprint density at radius 1 is 1.21 bits per heavy atom. The molecule has 0 saturated carbocycles. The number of ether oxygens (including phenoxy) is 1. The number of allylic oxidation sites excluding steroid dienone is 2. The van der Waals surface area contributed by atoms with E-state index in [4.69, 9.17) is 4.74 Å². The molecule has 0 amide bonds. The molecule has 1 aliphatic rings. The fourth-order valence-electron chi connectivity index (χ4n) is 3.19. The van der Waals surface area contributed by atoms with E-state index in [0.717, 1.165) is 10.4 Å². The van der Waals surface area contributed by atoms with Crippen LogP contribution in [0.3, 0.4) is 0 Å². The van der Waals surface area contributed by atoms with E-state index in [1.807, 2.05) is 66.1 Å². The summed E-state index contributed by atoms with van der Waals surface area (Å²) in [7, 11) is 1.34. The molecule has 146 valence electrons. The van der Waals surface area contributed by atoms with Crippen molar-refractivity contribution in [3.05, 3.63) is 95.3 Å². The molecule has 2 aromatic heterocycles. The maximum atomic E-state index is 13.2. The largest absolute Gasteiger partial charge is 0.466 e. The van der Waals surface area contributed by atoms with Crippen molar-refractivity contribution >= 4 is 40.8 Å². The summed E-state index contributed by atoms with van der Waals surface area (Å²) >= 11 is 2.89. The van der Waals surface area contributed by atoms with Crippen LogP contribution in [0, 0.1) is 0 Å². The van der Waals surface area contributed by atoms with Gasteiger partial charge in [-0.15, -0.1) is 11.3 Å². The molecule has 5 nitrogen and oxygen atoms in total. The lowest BCUT2D eigenvalue weighted by atomic mass is 10.0. The number of thiophene rings is 1. The van der Waals surface area contributed by atoms with E-state index >= 15 is 0 Å². The Kier molecular flexibility index (Phi) is 5.42. The normalized spacial score (nSPS) is 16.8. The van der Waals surface area contributed by atoms with Crippen LogP contribution in [0.4, 0.5) is 0 Å². The molecule has 0 unspecified atom stereocenters. The molecule has 29 heavy (non-hydrogen) atoms. The van der Waals surface area contributed by atoms with Crippen molar-refractivity contribution in [2.45, 2.75) is 13.0 Å². The van der Waals surface area contributed by atoms with Crippen LogP contribution >= 0.6 is 22.7 Å². The van der Waals surface area contributed by atoms with E-state index in [2.05, 4.69) is 4.99 Å². The molecule has 0 spiro atoms. The molecule has 0 bridgehead atoms. The van der Waals surface area contributed by atoms with Gasteiger partial charge in [-0.2, -0.15) is 0 Å². The van der Waals surface area contributed by atoms with Crippen LogP contribution in [0.25, 0.3) is 12.2 Å². The number of esters is 1. The van der Waals surface area contributed by atoms with Crippen LogP contribution < -0.4 is 14.9 Å². The van der Waals surface area contributed by atoms with Crippen LogP contribution in [0.1, 0.15) is 23.4 Å². The zero-order valence-electron chi connectivity index (χ0n) is 15.9. The summed E-state index contributed by atoms with van der Waals surface area (Å²) < 4.78 is 7.14. The predicted octanol–water partition coefficient (Wildman–Crippen LogP) is 3.13. The summed E-state index contributed by atoms with van der Waals surface area (Å²) in [4.78, 5) is 31.8. The number of fused-ring (bicyclic) bond motifs is 1. The third kappa shape index (κ3) is 3.79.